The van der Waals surface area contributed by atoms with Gasteiger partial charge in [0.05, 0.1) is 0 Å². The second-order valence-electron chi connectivity index (χ2n) is 1.00. The zero-order valence-electron chi connectivity index (χ0n) is 3.75. The van der Waals surface area contributed by atoms with Gasteiger partial charge in [-0.05, 0) is 0 Å². The minimum Gasteiger partial charge on any atom is -0.351 e. The average Bonchev–Trinajstić information content (AvgIpc) is 1.62. The smallest absolute Gasteiger partial charge is 0.272 e. The van der Waals surface area contributed by atoms with Gasteiger partial charge in [-0.2, -0.15) is 0 Å². The van der Waals surface area contributed by atoms with Crippen molar-refractivity contribution >= 4 is 40.7 Å². The Morgan fingerprint density at radius 1 is 1.50 bits per heavy atom. The summed E-state index contributed by atoms with van der Waals surface area (Å²) in [4.78, 5) is 10.3. The molecule has 0 rings (SSSR count). The van der Waals surface area contributed by atoms with E-state index in [9.17, 15) is 4.79 Å². The summed E-state index contributed by atoms with van der Waals surface area (Å²) in [6.45, 7) is 0. The van der Waals surface area contributed by atoms with E-state index < -0.39 is 9.70 Å². The van der Waals surface area contributed by atoms with E-state index in [1.165, 1.54) is 0 Å². The number of hydrogen-bond donors (Lipinski definition) is 1. The van der Waals surface area contributed by atoms with Crippen LogP contribution in [0.5, 0.6) is 0 Å². The monoisotopic (exact) mass is 174 g/mol. The van der Waals surface area contributed by atoms with Crippen molar-refractivity contribution < 1.29 is 4.79 Å². The van der Waals surface area contributed by atoms with Gasteiger partial charge in [0, 0.05) is 7.05 Å². The highest BCUT2D eigenvalue weighted by Crippen LogP contribution is 2.25. The number of amides is 1. The lowest BCUT2D eigenvalue weighted by Gasteiger charge is -2.05. The molecule has 5 heteroatoms. The van der Waals surface area contributed by atoms with E-state index in [0.717, 1.165) is 0 Å². The first-order valence-corrected chi connectivity index (χ1v) is 2.76. The molecule has 0 saturated heterocycles. The number of carbonyl (C=O) groups excluding carboxylic acids is 1. The van der Waals surface area contributed by atoms with Crippen LogP contribution >= 0.6 is 34.8 Å². The van der Waals surface area contributed by atoms with Crippen molar-refractivity contribution in [2.45, 2.75) is 3.79 Å². The van der Waals surface area contributed by atoms with Crippen LogP contribution in [0.1, 0.15) is 0 Å². The third-order valence-electron chi connectivity index (χ3n) is 0.418. The highest BCUT2D eigenvalue weighted by Gasteiger charge is 2.28. The maximum Gasteiger partial charge on any atom is 0.272 e. The van der Waals surface area contributed by atoms with Crippen molar-refractivity contribution in [2.24, 2.45) is 0 Å². The first-order valence-electron chi connectivity index (χ1n) is 1.62. The van der Waals surface area contributed by atoms with Gasteiger partial charge >= 0.3 is 0 Å². The number of alkyl halides is 3. The molecule has 0 aliphatic heterocycles. The Hall–Kier alpha value is 0.340. The molecule has 0 unspecified atom stereocenters. The van der Waals surface area contributed by atoms with Crippen LogP contribution in [0, 0.1) is 7.05 Å². The van der Waals surface area contributed by atoms with E-state index in [-0.39, 0.29) is 0 Å². The van der Waals surface area contributed by atoms with Crippen LogP contribution in [-0.4, -0.2) is 9.70 Å². The van der Waals surface area contributed by atoms with Gasteiger partial charge in [0.25, 0.3) is 9.70 Å². The van der Waals surface area contributed by atoms with Crippen molar-refractivity contribution in [1.29, 1.82) is 0 Å². The summed E-state index contributed by atoms with van der Waals surface area (Å²) in [5, 5.41) is 1.92. The maximum absolute atomic E-state index is 10.3. The summed E-state index contributed by atoms with van der Waals surface area (Å²) in [5.41, 5.74) is 0. The molecule has 0 spiro atoms. The Bertz CT molecular complexity index is 97.2. The van der Waals surface area contributed by atoms with Gasteiger partial charge < -0.3 is 5.32 Å². The molecule has 0 fully saturated rings. The number of carbonyl (C=O) groups is 1. The average molecular weight is 175 g/mol. The van der Waals surface area contributed by atoms with E-state index in [1.54, 1.807) is 0 Å². The van der Waals surface area contributed by atoms with Crippen LogP contribution in [0.3, 0.4) is 0 Å². The van der Waals surface area contributed by atoms with Crippen LogP contribution in [0.15, 0.2) is 0 Å². The normalized spacial score (nSPS) is 11.0. The molecule has 8 heavy (non-hydrogen) atoms. The molecule has 0 aromatic carbocycles. The van der Waals surface area contributed by atoms with Gasteiger partial charge in [0.2, 0.25) is 0 Å². The Balaban J connectivity index is 3.82. The summed E-state index contributed by atoms with van der Waals surface area (Å²) in [7, 11) is 3.00. The third kappa shape index (κ3) is 2.60. The van der Waals surface area contributed by atoms with Crippen LogP contribution in [0.25, 0.3) is 0 Å². The molecule has 0 saturated carbocycles. The SMILES string of the molecule is [CH2]NC(=O)C(Cl)(Cl)Cl. The summed E-state index contributed by atoms with van der Waals surface area (Å²) in [5.74, 6) is -0.734. The fourth-order valence-electron chi connectivity index (χ4n) is 0.100. The number of nitrogens with one attached hydrogen (secondary N) is 1. The summed E-state index contributed by atoms with van der Waals surface area (Å²) in [6, 6.07) is 0. The lowest BCUT2D eigenvalue weighted by Crippen LogP contribution is -2.29. The van der Waals surface area contributed by atoms with E-state index in [2.05, 4.69) is 7.05 Å². The number of hydrogen-bond acceptors (Lipinski definition) is 1. The number of halogens is 3. The molecule has 0 aromatic rings. The maximum atomic E-state index is 10.3. The molecule has 0 atom stereocenters. The van der Waals surface area contributed by atoms with Crippen molar-refractivity contribution in [3.8, 4) is 0 Å². The lowest BCUT2D eigenvalue weighted by atomic mass is 10.7. The van der Waals surface area contributed by atoms with E-state index in [1.807, 2.05) is 5.32 Å². The summed E-state index contributed by atoms with van der Waals surface area (Å²) >= 11 is 15.2. The first kappa shape index (κ1) is 8.34. The molecule has 1 N–H and O–H groups in total. The molecule has 2 nitrogen and oxygen atoms in total. The van der Waals surface area contributed by atoms with E-state index in [4.69, 9.17) is 34.8 Å². The highest BCUT2D eigenvalue weighted by molar-refractivity contribution is 6.76. The summed E-state index contributed by atoms with van der Waals surface area (Å²) < 4.78 is -1.89. The second kappa shape index (κ2) is 2.76. The van der Waals surface area contributed by atoms with Gasteiger partial charge in [0.1, 0.15) is 0 Å². The molecule has 1 radical (unpaired) electrons. The van der Waals surface area contributed by atoms with Gasteiger partial charge in [-0.25, -0.2) is 0 Å². The van der Waals surface area contributed by atoms with Crippen LogP contribution in [0.4, 0.5) is 0 Å². The Labute approximate surface area is 62.1 Å². The molecular weight excluding hydrogens is 172 g/mol. The molecule has 0 bridgehead atoms. The topological polar surface area (TPSA) is 29.1 Å². The summed E-state index contributed by atoms with van der Waals surface area (Å²) in [6.07, 6.45) is 0. The van der Waals surface area contributed by atoms with Crippen LogP contribution < -0.4 is 5.32 Å². The zero-order valence-corrected chi connectivity index (χ0v) is 6.02. The van der Waals surface area contributed by atoms with Crippen molar-refractivity contribution in [3.05, 3.63) is 7.05 Å². The van der Waals surface area contributed by atoms with Crippen molar-refractivity contribution in [1.82, 2.24) is 5.32 Å². The predicted octanol–water partition coefficient (Wildman–Crippen LogP) is 1.26. The minimum atomic E-state index is -1.89. The Kier molecular flexibility index (Phi) is 2.88. The Morgan fingerprint density at radius 3 is 1.88 bits per heavy atom. The minimum absolute atomic E-state index is 0.734. The molecule has 47 valence electrons. The lowest BCUT2D eigenvalue weighted by molar-refractivity contribution is -0.119. The van der Waals surface area contributed by atoms with Crippen molar-refractivity contribution in [2.75, 3.05) is 0 Å². The van der Waals surface area contributed by atoms with Gasteiger partial charge in [-0.3, -0.25) is 4.79 Å². The standard InChI is InChI=1S/C3H3Cl3NO/c1-7-2(8)3(4,5)6/h1H2,(H,7,8). The second-order valence-corrected chi connectivity index (χ2v) is 3.28. The van der Waals surface area contributed by atoms with Crippen LogP contribution in [0.2, 0.25) is 0 Å². The third-order valence-corrected chi connectivity index (χ3v) is 0.933. The molecule has 1 amide bonds. The molecule has 0 aromatic heterocycles. The van der Waals surface area contributed by atoms with Gasteiger partial charge in [-0.15, -0.1) is 0 Å². The molecule has 0 heterocycles. The zero-order chi connectivity index (χ0) is 6.78. The highest BCUT2D eigenvalue weighted by atomic mass is 35.6. The van der Waals surface area contributed by atoms with Gasteiger partial charge in [0.15, 0.2) is 0 Å². The van der Waals surface area contributed by atoms with Crippen LogP contribution in [-0.2, 0) is 4.79 Å². The molecular formula is C3H3Cl3NO. The number of rotatable bonds is 0. The van der Waals surface area contributed by atoms with E-state index >= 15 is 0 Å². The molecule has 0 aliphatic rings. The first-order chi connectivity index (χ1) is 3.48. The van der Waals surface area contributed by atoms with E-state index in [0.29, 0.717) is 0 Å². The fraction of sp³-hybridized carbons (Fsp3) is 0.333. The quantitative estimate of drug-likeness (QED) is 0.552. The largest absolute Gasteiger partial charge is 0.351 e. The fourth-order valence-corrected chi connectivity index (χ4v) is 0.301. The van der Waals surface area contributed by atoms with Gasteiger partial charge in [-0.1, -0.05) is 34.8 Å². The predicted molar refractivity (Wildman–Crippen MR) is 33.8 cm³/mol. The van der Waals surface area contributed by atoms with Crippen molar-refractivity contribution in [3.63, 3.8) is 0 Å². The Morgan fingerprint density at radius 2 is 1.88 bits per heavy atom. The molecule has 0 aliphatic carbocycles.